The van der Waals surface area contributed by atoms with E-state index in [1.807, 2.05) is 19.2 Å². The van der Waals surface area contributed by atoms with E-state index in [1.54, 1.807) is 11.1 Å². The lowest BCUT2D eigenvalue weighted by molar-refractivity contribution is -0.148. The molecule has 0 aromatic carbocycles. The zero-order chi connectivity index (χ0) is 12.4. The van der Waals surface area contributed by atoms with Gasteiger partial charge in [-0.3, -0.25) is 9.59 Å². The molecule has 6 heteroatoms. The Kier molecular flexibility index (Phi) is 3.42. The van der Waals surface area contributed by atoms with E-state index in [0.29, 0.717) is 6.42 Å². The number of carbonyl (C=O) groups is 2. The lowest BCUT2D eigenvalue weighted by Gasteiger charge is -2.37. The molecule has 0 spiro atoms. The molecule has 1 aromatic rings. The van der Waals surface area contributed by atoms with Crippen molar-refractivity contribution in [3.8, 4) is 0 Å². The van der Waals surface area contributed by atoms with Gasteiger partial charge in [0, 0.05) is 11.6 Å². The van der Waals surface area contributed by atoms with Crippen LogP contribution in [0, 0.1) is 0 Å². The monoisotopic (exact) mass is 253 g/mol. The zero-order valence-corrected chi connectivity index (χ0v) is 10.7. The van der Waals surface area contributed by atoms with Gasteiger partial charge in [-0.05, 0) is 13.3 Å². The van der Waals surface area contributed by atoms with E-state index in [4.69, 9.17) is 0 Å². The van der Waals surface area contributed by atoms with Crippen LogP contribution in [0.2, 0.25) is 0 Å². The highest BCUT2D eigenvalue weighted by Crippen LogP contribution is 2.26. The molecule has 0 bridgehead atoms. The Morgan fingerprint density at radius 1 is 1.65 bits per heavy atom. The van der Waals surface area contributed by atoms with Crippen LogP contribution in [0.4, 0.5) is 0 Å². The Bertz CT molecular complexity index is 418. The number of carbonyl (C=O) groups excluding carboxylic acids is 2. The Morgan fingerprint density at radius 2 is 2.41 bits per heavy atom. The second-order valence-corrected chi connectivity index (χ2v) is 4.92. The fraction of sp³-hybridized carbons (Fsp3) is 0.545. The molecule has 1 aliphatic heterocycles. The van der Waals surface area contributed by atoms with Gasteiger partial charge in [0.15, 0.2) is 0 Å². The van der Waals surface area contributed by atoms with Crippen LogP contribution < -0.4 is 5.32 Å². The van der Waals surface area contributed by atoms with Crippen molar-refractivity contribution in [2.75, 3.05) is 6.54 Å². The average Bonchev–Trinajstić information content (AvgIpc) is 2.84. The van der Waals surface area contributed by atoms with Gasteiger partial charge < -0.3 is 10.2 Å². The lowest BCUT2D eigenvalue weighted by Crippen LogP contribution is -2.58. The molecule has 0 saturated carbocycles. The first-order valence-electron chi connectivity index (χ1n) is 5.63. The van der Waals surface area contributed by atoms with Gasteiger partial charge in [-0.1, -0.05) is 6.92 Å². The zero-order valence-electron chi connectivity index (χ0n) is 9.84. The van der Waals surface area contributed by atoms with Crippen molar-refractivity contribution >= 4 is 23.2 Å². The quantitative estimate of drug-likeness (QED) is 0.872. The largest absolute Gasteiger partial charge is 0.345 e. The Labute approximate surface area is 104 Å². The topological polar surface area (TPSA) is 62.3 Å². The van der Waals surface area contributed by atoms with Gasteiger partial charge in [-0.2, -0.15) is 0 Å². The van der Waals surface area contributed by atoms with Crippen LogP contribution in [-0.4, -0.2) is 34.3 Å². The molecule has 2 rings (SSSR count). The maximum Gasteiger partial charge on any atom is 0.243 e. The molecule has 2 unspecified atom stereocenters. The molecule has 1 N–H and O–H groups in total. The van der Waals surface area contributed by atoms with Crippen molar-refractivity contribution < 1.29 is 9.59 Å². The number of hydrogen-bond donors (Lipinski definition) is 1. The highest BCUT2D eigenvalue weighted by atomic mass is 32.1. The molecule has 5 nitrogen and oxygen atoms in total. The second kappa shape index (κ2) is 4.83. The first kappa shape index (κ1) is 12.0. The van der Waals surface area contributed by atoms with Gasteiger partial charge in [0.1, 0.15) is 11.0 Å². The molecule has 1 aliphatic rings. The molecule has 1 aromatic heterocycles. The average molecular weight is 253 g/mol. The van der Waals surface area contributed by atoms with E-state index in [0.717, 1.165) is 5.01 Å². The highest BCUT2D eigenvalue weighted by Gasteiger charge is 2.37. The van der Waals surface area contributed by atoms with Crippen molar-refractivity contribution in [2.45, 2.75) is 32.4 Å². The van der Waals surface area contributed by atoms with E-state index in [1.165, 1.54) is 11.3 Å². The summed E-state index contributed by atoms with van der Waals surface area (Å²) in [6.45, 7) is 3.91. The van der Waals surface area contributed by atoms with Gasteiger partial charge >= 0.3 is 0 Å². The van der Waals surface area contributed by atoms with Crippen LogP contribution in [0.1, 0.15) is 31.3 Å². The van der Waals surface area contributed by atoms with Gasteiger partial charge in [-0.25, -0.2) is 4.98 Å². The van der Waals surface area contributed by atoms with Crippen LogP contribution >= 0.6 is 11.3 Å². The summed E-state index contributed by atoms with van der Waals surface area (Å²) in [5.41, 5.74) is 0. The van der Waals surface area contributed by atoms with Gasteiger partial charge in [0.05, 0.1) is 12.6 Å². The Hall–Kier alpha value is -1.43. The smallest absolute Gasteiger partial charge is 0.243 e. The molecule has 2 heterocycles. The highest BCUT2D eigenvalue weighted by molar-refractivity contribution is 7.09. The summed E-state index contributed by atoms with van der Waals surface area (Å²) in [7, 11) is 0. The first-order chi connectivity index (χ1) is 8.15. The summed E-state index contributed by atoms with van der Waals surface area (Å²) < 4.78 is 0. The number of aromatic nitrogens is 1. The number of nitrogens with one attached hydrogen (secondary N) is 1. The number of piperazine rings is 1. The van der Waals surface area contributed by atoms with E-state index in [2.05, 4.69) is 10.3 Å². The van der Waals surface area contributed by atoms with E-state index >= 15 is 0 Å². The predicted molar refractivity (Wildman–Crippen MR) is 64.5 cm³/mol. The van der Waals surface area contributed by atoms with Gasteiger partial charge in [-0.15, -0.1) is 11.3 Å². The third-order valence-corrected chi connectivity index (χ3v) is 3.90. The number of nitrogens with zero attached hydrogens (tertiary/aromatic N) is 2. The maximum atomic E-state index is 11.9. The van der Waals surface area contributed by atoms with Crippen LogP contribution in [0.25, 0.3) is 0 Å². The van der Waals surface area contributed by atoms with Crippen molar-refractivity contribution in [2.24, 2.45) is 0 Å². The Morgan fingerprint density at radius 3 is 3.00 bits per heavy atom. The third kappa shape index (κ3) is 2.17. The first-order valence-corrected chi connectivity index (χ1v) is 6.51. The predicted octanol–water partition coefficient (Wildman–Crippen LogP) is 0.941. The number of amides is 2. The summed E-state index contributed by atoms with van der Waals surface area (Å²) in [6, 6.07) is -0.520. The molecule has 2 atom stereocenters. The third-order valence-electron chi connectivity index (χ3n) is 2.95. The van der Waals surface area contributed by atoms with Crippen molar-refractivity contribution in [3.05, 3.63) is 16.6 Å². The van der Waals surface area contributed by atoms with Gasteiger partial charge in [0.25, 0.3) is 0 Å². The van der Waals surface area contributed by atoms with Crippen LogP contribution in [0.15, 0.2) is 11.6 Å². The fourth-order valence-corrected chi connectivity index (χ4v) is 2.79. The molecule has 17 heavy (non-hydrogen) atoms. The number of rotatable bonds is 3. The van der Waals surface area contributed by atoms with E-state index in [-0.39, 0.29) is 30.4 Å². The standard InChI is InChI=1S/C11H15N3O2S/c1-3-8-10(16)13-6-9(15)14(8)7(2)11-12-4-5-17-11/h4-5,7-8H,3,6H2,1-2H3,(H,13,16). The molecule has 1 fully saturated rings. The molecule has 0 radical (unpaired) electrons. The van der Waals surface area contributed by atoms with Crippen molar-refractivity contribution in [1.29, 1.82) is 0 Å². The Balaban J connectivity index is 2.26. The molecule has 2 amide bonds. The summed E-state index contributed by atoms with van der Waals surface area (Å²) in [5, 5.41) is 5.36. The summed E-state index contributed by atoms with van der Waals surface area (Å²) in [5.74, 6) is -0.116. The fourth-order valence-electron chi connectivity index (χ4n) is 2.10. The maximum absolute atomic E-state index is 11.9. The SMILES string of the molecule is CCC1C(=O)NCC(=O)N1C(C)c1nccs1. The van der Waals surface area contributed by atoms with Crippen molar-refractivity contribution in [1.82, 2.24) is 15.2 Å². The lowest BCUT2D eigenvalue weighted by atomic mass is 10.1. The van der Waals surface area contributed by atoms with Crippen LogP contribution in [0.5, 0.6) is 0 Å². The van der Waals surface area contributed by atoms with Gasteiger partial charge in [0.2, 0.25) is 11.8 Å². The summed E-state index contributed by atoms with van der Waals surface area (Å²) in [6.07, 6.45) is 2.33. The minimum absolute atomic E-state index is 0.0425. The molecule has 92 valence electrons. The number of hydrogen-bond acceptors (Lipinski definition) is 4. The summed E-state index contributed by atoms with van der Waals surface area (Å²) >= 11 is 1.50. The normalized spacial score (nSPS) is 22.5. The van der Waals surface area contributed by atoms with Crippen molar-refractivity contribution in [3.63, 3.8) is 0 Å². The minimum atomic E-state index is -0.379. The van der Waals surface area contributed by atoms with E-state index in [9.17, 15) is 9.59 Å². The summed E-state index contributed by atoms with van der Waals surface area (Å²) in [4.78, 5) is 29.5. The second-order valence-electron chi connectivity index (χ2n) is 3.99. The molecular formula is C11H15N3O2S. The van der Waals surface area contributed by atoms with Crippen LogP contribution in [0.3, 0.4) is 0 Å². The van der Waals surface area contributed by atoms with Crippen LogP contribution in [-0.2, 0) is 9.59 Å². The molecule has 0 aliphatic carbocycles. The molecule has 1 saturated heterocycles. The molecular weight excluding hydrogens is 238 g/mol. The minimum Gasteiger partial charge on any atom is -0.345 e. The number of thiazole rings is 1. The van der Waals surface area contributed by atoms with E-state index < -0.39 is 0 Å².